The van der Waals surface area contributed by atoms with Crippen LogP contribution >= 0.6 is 0 Å². The first-order chi connectivity index (χ1) is 13.6. The number of nitrogens with zero attached hydrogens (tertiary/aromatic N) is 1. The van der Waals surface area contributed by atoms with E-state index in [2.05, 4.69) is 4.90 Å². The number of aryl methyl sites for hydroxylation is 1. The van der Waals surface area contributed by atoms with Crippen LogP contribution in [0.4, 0.5) is 0 Å². The number of aliphatic carboxylic acids is 1. The van der Waals surface area contributed by atoms with E-state index in [0.29, 0.717) is 26.3 Å². The van der Waals surface area contributed by atoms with E-state index < -0.39 is 5.97 Å². The van der Waals surface area contributed by atoms with Crippen LogP contribution in [0.15, 0.2) is 42.5 Å². The van der Waals surface area contributed by atoms with Gasteiger partial charge >= 0.3 is 5.97 Å². The van der Waals surface area contributed by atoms with E-state index in [1.165, 1.54) is 0 Å². The van der Waals surface area contributed by atoms with Crippen LogP contribution in [0.2, 0.25) is 0 Å². The Morgan fingerprint density at radius 1 is 1.29 bits per heavy atom. The molecule has 1 aliphatic heterocycles. The summed E-state index contributed by atoms with van der Waals surface area (Å²) >= 11 is 0. The minimum Gasteiger partial charge on any atom is -0.496 e. The molecule has 3 rings (SSSR count). The topological polar surface area (TPSA) is 68.2 Å². The summed E-state index contributed by atoms with van der Waals surface area (Å²) < 4.78 is 17.2. The van der Waals surface area contributed by atoms with Gasteiger partial charge in [-0.05, 0) is 36.2 Å². The second kappa shape index (κ2) is 9.57. The van der Waals surface area contributed by atoms with E-state index in [-0.39, 0.29) is 12.5 Å². The third-order valence-corrected chi connectivity index (χ3v) is 4.97. The van der Waals surface area contributed by atoms with Crippen LogP contribution < -0.4 is 9.47 Å². The zero-order chi connectivity index (χ0) is 19.9. The molecule has 0 aromatic heterocycles. The van der Waals surface area contributed by atoms with Gasteiger partial charge in [0.25, 0.3) is 0 Å². The smallest absolute Gasteiger partial charge is 0.304 e. The standard InChI is InChI=1S/C22H27NO5/c1-16-13-18(28-15-17-5-3-4-6-20(17)26-2)7-8-19(16)21-14-23(11-12-27-21)10-9-22(24)25/h3-8,13,21H,9-12,14-15H2,1-2H3,(H,24,25). The maximum Gasteiger partial charge on any atom is 0.304 e. The molecule has 6 nitrogen and oxygen atoms in total. The lowest BCUT2D eigenvalue weighted by Gasteiger charge is -2.33. The summed E-state index contributed by atoms with van der Waals surface area (Å²) in [6, 6.07) is 13.8. The van der Waals surface area contributed by atoms with Gasteiger partial charge in [0, 0.05) is 25.2 Å². The normalized spacial score (nSPS) is 17.3. The quantitative estimate of drug-likeness (QED) is 0.751. The first-order valence-corrected chi connectivity index (χ1v) is 9.48. The van der Waals surface area contributed by atoms with Crippen LogP contribution in [0.25, 0.3) is 0 Å². The Morgan fingerprint density at radius 3 is 2.86 bits per heavy atom. The molecule has 0 amide bonds. The number of hydrogen-bond acceptors (Lipinski definition) is 5. The third-order valence-electron chi connectivity index (χ3n) is 4.97. The molecule has 2 aromatic rings. The number of rotatable bonds is 8. The van der Waals surface area contributed by atoms with Crippen molar-refractivity contribution in [1.29, 1.82) is 0 Å². The number of carboxylic acids is 1. The summed E-state index contributed by atoms with van der Waals surface area (Å²) in [5.41, 5.74) is 3.21. The van der Waals surface area contributed by atoms with Crippen molar-refractivity contribution in [3.63, 3.8) is 0 Å². The molecule has 150 valence electrons. The molecule has 0 aliphatic carbocycles. The molecule has 1 fully saturated rings. The van der Waals surface area contributed by atoms with E-state index >= 15 is 0 Å². The lowest BCUT2D eigenvalue weighted by atomic mass is 10.0. The SMILES string of the molecule is COc1ccccc1COc1ccc(C2CN(CCC(=O)O)CCO2)c(C)c1. The number of ether oxygens (including phenoxy) is 3. The van der Waals surface area contributed by atoms with E-state index in [9.17, 15) is 4.79 Å². The molecule has 0 radical (unpaired) electrons. The maximum atomic E-state index is 10.8. The number of hydrogen-bond donors (Lipinski definition) is 1. The Bertz CT molecular complexity index is 807. The molecule has 1 aliphatic rings. The average Bonchev–Trinajstić information content (AvgIpc) is 2.71. The Kier molecular flexibility index (Phi) is 6.90. The second-order valence-corrected chi connectivity index (χ2v) is 6.92. The Labute approximate surface area is 165 Å². The number of benzene rings is 2. The molecule has 1 saturated heterocycles. The highest BCUT2D eigenvalue weighted by atomic mass is 16.5. The Hall–Kier alpha value is -2.57. The van der Waals surface area contributed by atoms with Crippen LogP contribution in [-0.2, 0) is 16.1 Å². The van der Waals surface area contributed by atoms with Crippen LogP contribution in [0.1, 0.15) is 29.2 Å². The maximum absolute atomic E-state index is 10.8. The van der Waals surface area contributed by atoms with Crippen LogP contribution in [0.3, 0.4) is 0 Å². The van der Waals surface area contributed by atoms with E-state index in [1.807, 2.05) is 49.4 Å². The zero-order valence-electron chi connectivity index (χ0n) is 16.4. The highest BCUT2D eigenvalue weighted by Crippen LogP contribution is 2.29. The van der Waals surface area contributed by atoms with Gasteiger partial charge in [-0.2, -0.15) is 0 Å². The monoisotopic (exact) mass is 385 g/mol. The van der Waals surface area contributed by atoms with Crippen molar-refractivity contribution < 1.29 is 24.1 Å². The highest BCUT2D eigenvalue weighted by molar-refractivity contribution is 5.66. The van der Waals surface area contributed by atoms with E-state index in [0.717, 1.165) is 34.7 Å². The van der Waals surface area contributed by atoms with Crippen molar-refractivity contribution in [2.24, 2.45) is 0 Å². The highest BCUT2D eigenvalue weighted by Gasteiger charge is 2.23. The second-order valence-electron chi connectivity index (χ2n) is 6.92. The molecule has 6 heteroatoms. The summed E-state index contributed by atoms with van der Waals surface area (Å²) in [6.45, 7) is 5.11. The lowest BCUT2D eigenvalue weighted by molar-refractivity contribution is -0.137. The first kappa shape index (κ1) is 20.2. The fraction of sp³-hybridized carbons (Fsp3) is 0.409. The fourth-order valence-corrected chi connectivity index (χ4v) is 3.43. The predicted octanol–water partition coefficient (Wildman–Crippen LogP) is 3.43. The number of carboxylic acid groups (broad SMARTS) is 1. The minimum atomic E-state index is -0.768. The molecule has 0 spiro atoms. The van der Waals surface area contributed by atoms with Crippen molar-refractivity contribution in [2.45, 2.75) is 26.1 Å². The van der Waals surface area contributed by atoms with E-state index in [1.54, 1.807) is 7.11 Å². The fourth-order valence-electron chi connectivity index (χ4n) is 3.43. The number of morpholine rings is 1. The number of methoxy groups -OCH3 is 1. The van der Waals surface area contributed by atoms with Gasteiger partial charge in [-0.15, -0.1) is 0 Å². The molecular formula is C22H27NO5. The third kappa shape index (κ3) is 5.24. The average molecular weight is 385 g/mol. The summed E-state index contributed by atoms with van der Waals surface area (Å²) in [5.74, 6) is 0.842. The van der Waals surface area contributed by atoms with Gasteiger partial charge in [-0.25, -0.2) is 0 Å². The molecule has 28 heavy (non-hydrogen) atoms. The molecule has 0 bridgehead atoms. The number of carbonyl (C=O) groups is 1. The van der Waals surface area contributed by atoms with Gasteiger partial charge in [0.05, 0.1) is 26.2 Å². The van der Waals surface area contributed by atoms with Gasteiger partial charge in [0.1, 0.15) is 18.1 Å². The minimum absolute atomic E-state index is 0.0502. The molecule has 2 aromatic carbocycles. The van der Waals surface area contributed by atoms with Crippen LogP contribution in [0, 0.1) is 6.92 Å². The van der Waals surface area contributed by atoms with Gasteiger partial charge in [-0.1, -0.05) is 24.3 Å². The van der Waals surface area contributed by atoms with Gasteiger partial charge < -0.3 is 19.3 Å². The summed E-state index contributed by atoms with van der Waals surface area (Å²) in [4.78, 5) is 13.0. The summed E-state index contributed by atoms with van der Waals surface area (Å²) in [7, 11) is 1.65. The predicted molar refractivity (Wildman–Crippen MR) is 106 cm³/mol. The summed E-state index contributed by atoms with van der Waals surface area (Å²) in [5, 5.41) is 8.89. The van der Waals surface area contributed by atoms with Crippen molar-refractivity contribution in [2.75, 3.05) is 33.4 Å². The van der Waals surface area contributed by atoms with Gasteiger partial charge in [0.2, 0.25) is 0 Å². The molecule has 1 atom stereocenters. The molecule has 1 heterocycles. The van der Waals surface area contributed by atoms with Crippen molar-refractivity contribution >= 4 is 5.97 Å². The molecular weight excluding hydrogens is 358 g/mol. The Morgan fingerprint density at radius 2 is 2.11 bits per heavy atom. The van der Waals surface area contributed by atoms with Crippen molar-refractivity contribution in [3.8, 4) is 11.5 Å². The van der Waals surface area contributed by atoms with Gasteiger partial charge in [-0.3, -0.25) is 9.69 Å². The molecule has 1 unspecified atom stereocenters. The molecule has 0 saturated carbocycles. The van der Waals surface area contributed by atoms with E-state index in [4.69, 9.17) is 19.3 Å². The lowest BCUT2D eigenvalue weighted by Crippen LogP contribution is -2.39. The van der Waals surface area contributed by atoms with Gasteiger partial charge in [0.15, 0.2) is 0 Å². The largest absolute Gasteiger partial charge is 0.496 e. The van der Waals surface area contributed by atoms with Crippen LogP contribution in [0.5, 0.6) is 11.5 Å². The number of para-hydroxylation sites is 1. The summed E-state index contributed by atoms with van der Waals surface area (Å²) in [6.07, 6.45) is 0.104. The van der Waals surface area contributed by atoms with Crippen molar-refractivity contribution in [3.05, 3.63) is 59.2 Å². The van der Waals surface area contributed by atoms with Crippen LogP contribution in [-0.4, -0.2) is 49.3 Å². The molecule has 1 N–H and O–H groups in total. The zero-order valence-corrected chi connectivity index (χ0v) is 16.4. The first-order valence-electron chi connectivity index (χ1n) is 9.48. The van der Waals surface area contributed by atoms with Crippen molar-refractivity contribution in [1.82, 2.24) is 4.90 Å². The Balaban J connectivity index is 1.62.